The summed E-state index contributed by atoms with van der Waals surface area (Å²) in [5.74, 6) is 0.577. The molecular formula is C17H11N3OS. The fraction of sp³-hybridized carbons (Fsp3) is 0. The van der Waals surface area contributed by atoms with Crippen LogP contribution < -0.4 is 0 Å². The first kappa shape index (κ1) is 12.9. The second-order valence-electron chi connectivity index (χ2n) is 4.65. The molecule has 22 heavy (non-hydrogen) atoms. The molecule has 0 radical (unpaired) electrons. The lowest BCUT2D eigenvalue weighted by atomic mass is 10.3. The van der Waals surface area contributed by atoms with Crippen molar-refractivity contribution in [2.45, 2.75) is 0 Å². The van der Waals surface area contributed by atoms with E-state index in [1.165, 1.54) is 0 Å². The molecule has 0 saturated carbocycles. The number of benzene rings is 1. The van der Waals surface area contributed by atoms with E-state index in [0.29, 0.717) is 5.89 Å². The molecule has 0 unspecified atom stereocenters. The molecule has 0 amide bonds. The molecule has 106 valence electrons. The molecule has 4 aromatic rings. The summed E-state index contributed by atoms with van der Waals surface area (Å²) in [5.41, 5.74) is 3.39. The van der Waals surface area contributed by atoms with Crippen molar-refractivity contribution >= 4 is 34.6 Å². The van der Waals surface area contributed by atoms with E-state index in [0.717, 1.165) is 27.5 Å². The summed E-state index contributed by atoms with van der Waals surface area (Å²) in [6.07, 6.45) is 5.50. The van der Waals surface area contributed by atoms with Crippen LogP contribution >= 0.6 is 11.3 Å². The third-order valence-corrected chi connectivity index (χ3v) is 4.00. The quantitative estimate of drug-likeness (QED) is 0.558. The SMILES string of the molecule is C(=C/c1nc2ccccc2o1)/c1csc(-c2ccccn2)n1. The molecule has 0 aliphatic rings. The minimum Gasteiger partial charge on any atom is -0.437 e. The van der Waals surface area contributed by atoms with Crippen molar-refractivity contribution in [2.75, 3.05) is 0 Å². The number of rotatable bonds is 3. The van der Waals surface area contributed by atoms with Crippen LogP contribution in [0, 0.1) is 0 Å². The van der Waals surface area contributed by atoms with Gasteiger partial charge in [-0.1, -0.05) is 18.2 Å². The topological polar surface area (TPSA) is 51.8 Å². The van der Waals surface area contributed by atoms with Crippen LogP contribution in [0.3, 0.4) is 0 Å². The number of hydrogen-bond donors (Lipinski definition) is 0. The maximum atomic E-state index is 5.65. The molecule has 0 saturated heterocycles. The molecule has 1 aromatic carbocycles. The monoisotopic (exact) mass is 305 g/mol. The molecule has 5 heteroatoms. The second-order valence-corrected chi connectivity index (χ2v) is 5.50. The Labute approximate surface area is 130 Å². The summed E-state index contributed by atoms with van der Waals surface area (Å²) in [7, 11) is 0. The standard InChI is InChI=1S/C17H11N3OS/c1-2-7-15-13(5-1)20-16(21-15)9-8-12-11-22-17(19-12)14-6-3-4-10-18-14/h1-11H/b9-8-. The Balaban J connectivity index is 1.59. The van der Waals surface area contributed by atoms with Crippen LogP contribution in [0.5, 0.6) is 0 Å². The molecule has 0 spiro atoms. The molecule has 0 aliphatic heterocycles. The summed E-state index contributed by atoms with van der Waals surface area (Å²) >= 11 is 1.57. The number of thiazole rings is 1. The van der Waals surface area contributed by atoms with E-state index >= 15 is 0 Å². The van der Waals surface area contributed by atoms with Gasteiger partial charge in [0.15, 0.2) is 5.58 Å². The lowest BCUT2D eigenvalue weighted by Crippen LogP contribution is -1.80. The van der Waals surface area contributed by atoms with Gasteiger partial charge in [0, 0.05) is 17.7 Å². The highest BCUT2D eigenvalue weighted by atomic mass is 32.1. The molecule has 0 aliphatic carbocycles. The minimum atomic E-state index is 0.577. The first-order valence-corrected chi connectivity index (χ1v) is 7.67. The predicted molar refractivity (Wildman–Crippen MR) is 88.3 cm³/mol. The van der Waals surface area contributed by atoms with Crippen LogP contribution in [0.2, 0.25) is 0 Å². The van der Waals surface area contributed by atoms with E-state index in [1.54, 1.807) is 17.5 Å². The normalized spacial score (nSPS) is 11.5. The predicted octanol–water partition coefficient (Wildman–Crippen LogP) is 4.52. The Hall–Kier alpha value is -2.79. The molecule has 3 heterocycles. The number of aromatic nitrogens is 3. The Morgan fingerprint density at radius 2 is 1.86 bits per heavy atom. The lowest BCUT2D eigenvalue weighted by molar-refractivity contribution is 0.589. The fourth-order valence-corrected chi connectivity index (χ4v) is 2.85. The number of pyridine rings is 1. The van der Waals surface area contributed by atoms with Gasteiger partial charge in [-0.2, -0.15) is 0 Å². The summed E-state index contributed by atoms with van der Waals surface area (Å²) < 4.78 is 5.65. The van der Waals surface area contributed by atoms with Gasteiger partial charge in [-0.3, -0.25) is 4.98 Å². The van der Waals surface area contributed by atoms with E-state index in [4.69, 9.17) is 4.42 Å². The van der Waals surface area contributed by atoms with E-state index in [9.17, 15) is 0 Å². The molecule has 0 atom stereocenters. The van der Waals surface area contributed by atoms with Gasteiger partial charge in [-0.05, 0) is 30.3 Å². The molecule has 0 N–H and O–H groups in total. The maximum Gasteiger partial charge on any atom is 0.220 e. The van der Waals surface area contributed by atoms with Gasteiger partial charge < -0.3 is 4.42 Å². The van der Waals surface area contributed by atoms with Crippen LogP contribution in [-0.4, -0.2) is 15.0 Å². The highest BCUT2D eigenvalue weighted by Crippen LogP contribution is 2.23. The van der Waals surface area contributed by atoms with Crippen molar-refractivity contribution in [3.05, 3.63) is 65.6 Å². The van der Waals surface area contributed by atoms with Crippen LogP contribution in [-0.2, 0) is 0 Å². The van der Waals surface area contributed by atoms with Crippen molar-refractivity contribution in [3.63, 3.8) is 0 Å². The third-order valence-electron chi connectivity index (χ3n) is 3.11. The van der Waals surface area contributed by atoms with Gasteiger partial charge in [-0.15, -0.1) is 11.3 Å². The summed E-state index contributed by atoms with van der Waals surface area (Å²) in [6.45, 7) is 0. The first-order valence-electron chi connectivity index (χ1n) is 6.79. The van der Waals surface area contributed by atoms with E-state index in [2.05, 4.69) is 15.0 Å². The number of fused-ring (bicyclic) bond motifs is 1. The van der Waals surface area contributed by atoms with Crippen molar-refractivity contribution in [1.29, 1.82) is 0 Å². The van der Waals surface area contributed by atoms with Crippen LogP contribution in [0.1, 0.15) is 11.6 Å². The third kappa shape index (κ3) is 2.54. The van der Waals surface area contributed by atoms with E-state index in [1.807, 2.05) is 60.0 Å². The van der Waals surface area contributed by atoms with Gasteiger partial charge in [-0.25, -0.2) is 9.97 Å². The van der Waals surface area contributed by atoms with Gasteiger partial charge >= 0.3 is 0 Å². The van der Waals surface area contributed by atoms with Gasteiger partial charge in [0.1, 0.15) is 10.5 Å². The molecule has 4 nitrogen and oxygen atoms in total. The highest BCUT2D eigenvalue weighted by molar-refractivity contribution is 7.13. The number of nitrogens with zero attached hydrogens (tertiary/aromatic N) is 3. The summed E-state index contributed by atoms with van der Waals surface area (Å²) in [4.78, 5) is 13.3. The molecule has 4 rings (SSSR count). The first-order chi connectivity index (χ1) is 10.9. The van der Waals surface area contributed by atoms with Crippen LogP contribution in [0.15, 0.2) is 58.5 Å². The minimum absolute atomic E-state index is 0.577. The number of para-hydroxylation sites is 2. The van der Waals surface area contributed by atoms with Gasteiger partial charge in [0.2, 0.25) is 5.89 Å². The summed E-state index contributed by atoms with van der Waals surface area (Å²) in [6, 6.07) is 13.5. The lowest BCUT2D eigenvalue weighted by Gasteiger charge is -1.91. The van der Waals surface area contributed by atoms with E-state index in [-0.39, 0.29) is 0 Å². The van der Waals surface area contributed by atoms with Crippen molar-refractivity contribution in [1.82, 2.24) is 15.0 Å². The smallest absolute Gasteiger partial charge is 0.220 e. The van der Waals surface area contributed by atoms with Gasteiger partial charge in [0.25, 0.3) is 0 Å². The average molecular weight is 305 g/mol. The number of hydrogen-bond acceptors (Lipinski definition) is 5. The average Bonchev–Trinajstić information content (AvgIpc) is 3.20. The fourth-order valence-electron chi connectivity index (χ4n) is 2.09. The van der Waals surface area contributed by atoms with Crippen LogP contribution in [0.4, 0.5) is 0 Å². The second kappa shape index (κ2) is 5.54. The van der Waals surface area contributed by atoms with E-state index < -0.39 is 0 Å². The Bertz CT molecular complexity index is 908. The zero-order chi connectivity index (χ0) is 14.8. The van der Waals surface area contributed by atoms with Crippen molar-refractivity contribution in [3.8, 4) is 10.7 Å². The number of oxazole rings is 1. The van der Waals surface area contributed by atoms with Gasteiger partial charge in [0.05, 0.1) is 11.4 Å². The molecule has 0 fully saturated rings. The van der Waals surface area contributed by atoms with Crippen molar-refractivity contribution < 1.29 is 4.42 Å². The zero-order valence-electron chi connectivity index (χ0n) is 11.5. The Morgan fingerprint density at radius 3 is 2.73 bits per heavy atom. The zero-order valence-corrected chi connectivity index (χ0v) is 12.3. The Morgan fingerprint density at radius 1 is 0.955 bits per heavy atom. The molecule has 3 aromatic heterocycles. The Kier molecular flexibility index (Phi) is 3.25. The largest absolute Gasteiger partial charge is 0.437 e. The maximum absolute atomic E-state index is 5.65. The molecule has 0 bridgehead atoms. The highest BCUT2D eigenvalue weighted by Gasteiger charge is 2.04. The van der Waals surface area contributed by atoms with Crippen molar-refractivity contribution in [2.24, 2.45) is 0 Å². The molecular weight excluding hydrogens is 294 g/mol. The van der Waals surface area contributed by atoms with Crippen LogP contribution in [0.25, 0.3) is 34.0 Å². The summed E-state index contributed by atoms with van der Waals surface area (Å²) in [5, 5.41) is 2.89.